The van der Waals surface area contributed by atoms with Crippen LogP contribution in [0.1, 0.15) is 37.2 Å². The van der Waals surface area contributed by atoms with Crippen LogP contribution in [0.3, 0.4) is 0 Å². The summed E-state index contributed by atoms with van der Waals surface area (Å²) in [6.45, 7) is 4.63. The highest BCUT2D eigenvalue weighted by atomic mass is 32.2. The molecule has 0 aliphatic carbocycles. The number of ether oxygens (including phenoxy) is 1. The van der Waals surface area contributed by atoms with Gasteiger partial charge in [0.2, 0.25) is 10.0 Å². The van der Waals surface area contributed by atoms with Gasteiger partial charge >= 0.3 is 0 Å². The first-order valence-corrected chi connectivity index (χ1v) is 12.1. The molecule has 1 saturated heterocycles. The molecule has 3 aromatic rings. The van der Waals surface area contributed by atoms with Crippen LogP contribution >= 0.6 is 0 Å². The van der Waals surface area contributed by atoms with Gasteiger partial charge in [0.1, 0.15) is 11.6 Å². The molecule has 0 radical (unpaired) electrons. The van der Waals surface area contributed by atoms with Crippen LogP contribution in [0.4, 0.5) is 0 Å². The number of likely N-dealkylation sites (tertiary alicyclic amines) is 1. The van der Waals surface area contributed by atoms with Gasteiger partial charge in [0.25, 0.3) is 0 Å². The molecular formula is C23H30N4O3S. The Bertz CT molecular complexity index is 1170. The minimum atomic E-state index is -3.49. The Morgan fingerprint density at radius 3 is 2.55 bits per heavy atom. The number of rotatable bonds is 7. The van der Waals surface area contributed by atoms with Crippen molar-refractivity contribution >= 4 is 21.1 Å². The van der Waals surface area contributed by atoms with E-state index in [-0.39, 0.29) is 4.90 Å². The minimum absolute atomic E-state index is 0.273. The fourth-order valence-electron chi connectivity index (χ4n) is 4.40. The maximum Gasteiger partial charge on any atom is 0.242 e. The maximum atomic E-state index is 12.5. The third kappa shape index (κ3) is 4.07. The first kappa shape index (κ1) is 21.8. The molecule has 0 spiro atoms. The summed E-state index contributed by atoms with van der Waals surface area (Å²) >= 11 is 0. The molecule has 1 aliphatic heterocycles. The molecule has 8 heteroatoms. The number of hydrogen-bond donors (Lipinski definition) is 0. The first-order valence-electron chi connectivity index (χ1n) is 10.6. The lowest BCUT2D eigenvalue weighted by molar-refractivity contribution is 0.239. The average molecular weight is 443 g/mol. The van der Waals surface area contributed by atoms with Gasteiger partial charge in [0, 0.05) is 26.7 Å². The third-order valence-electron chi connectivity index (χ3n) is 6.10. The Balaban J connectivity index is 1.65. The second-order valence-electron chi connectivity index (χ2n) is 8.11. The Kier molecular flexibility index (Phi) is 6.05. The summed E-state index contributed by atoms with van der Waals surface area (Å²) in [6, 6.07) is 13.9. The Morgan fingerprint density at radius 1 is 1.16 bits per heavy atom. The van der Waals surface area contributed by atoms with Crippen molar-refractivity contribution in [2.45, 2.75) is 43.8 Å². The number of nitrogens with zero attached hydrogens (tertiary/aromatic N) is 4. The van der Waals surface area contributed by atoms with Gasteiger partial charge < -0.3 is 9.30 Å². The lowest BCUT2D eigenvalue weighted by atomic mass is 10.0. The Labute approximate surface area is 184 Å². The topological polar surface area (TPSA) is 67.7 Å². The van der Waals surface area contributed by atoms with E-state index in [1.54, 1.807) is 33.3 Å². The Hall–Kier alpha value is -2.42. The van der Waals surface area contributed by atoms with Crippen LogP contribution in [-0.2, 0) is 23.1 Å². The second kappa shape index (κ2) is 8.61. The summed E-state index contributed by atoms with van der Waals surface area (Å²) in [5, 5.41) is 0. The number of sulfonamides is 1. The van der Waals surface area contributed by atoms with E-state index in [4.69, 9.17) is 9.72 Å². The van der Waals surface area contributed by atoms with Crippen LogP contribution in [0.25, 0.3) is 11.0 Å². The van der Waals surface area contributed by atoms with Crippen molar-refractivity contribution < 1.29 is 13.2 Å². The van der Waals surface area contributed by atoms with Gasteiger partial charge in [0.05, 0.1) is 29.6 Å². The zero-order chi connectivity index (χ0) is 22.2. The molecule has 1 unspecified atom stereocenters. The molecular weight excluding hydrogens is 412 g/mol. The van der Waals surface area contributed by atoms with Crippen molar-refractivity contribution in [3.8, 4) is 5.75 Å². The molecule has 166 valence electrons. The quantitative estimate of drug-likeness (QED) is 0.559. The summed E-state index contributed by atoms with van der Waals surface area (Å²) in [5.74, 6) is 1.84. The highest BCUT2D eigenvalue weighted by Crippen LogP contribution is 2.34. The number of imidazole rings is 1. The smallest absolute Gasteiger partial charge is 0.242 e. The number of aryl methyl sites for hydroxylation is 1. The molecule has 0 bridgehead atoms. The van der Waals surface area contributed by atoms with Gasteiger partial charge in [0.15, 0.2) is 0 Å². The predicted octanol–water partition coefficient (Wildman–Crippen LogP) is 3.65. The van der Waals surface area contributed by atoms with Gasteiger partial charge in [-0.2, -0.15) is 0 Å². The zero-order valence-corrected chi connectivity index (χ0v) is 19.4. The van der Waals surface area contributed by atoms with E-state index < -0.39 is 10.0 Å². The molecule has 0 N–H and O–H groups in total. The zero-order valence-electron chi connectivity index (χ0n) is 18.6. The molecule has 2 aromatic carbocycles. The minimum Gasteiger partial charge on any atom is -0.497 e. The van der Waals surface area contributed by atoms with Crippen molar-refractivity contribution in [2.75, 3.05) is 27.7 Å². The highest BCUT2D eigenvalue weighted by Gasteiger charge is 2.28. The number of hydrogen-bond acceptors (Lipinski definition) is 5. The normalized spacial score (nSPS) is 17.6. The first-order chi connectivity index (χ1) is 14.8. The van der Waals surface area contributed by atoms with Crippen LogP contribution < -0.4 is 4.74 Å². The van der Waals surface area contributed by atoms with Crippen LogP contribution in [0.15, 0.2) is 47.4 Å². The van der Waals surface area contributed by atoms with Crippen molar-refractivity contribution in [1.29, 1.82) is 0 Å². The summed E-state index contributed by atoms with van der Waals surface area (Å²) in [6.07, 6.45) is 2.26. The lowest BCUT2D eigenvalue weighted by Crippen LogP contribution is -2.24. The number of aromatic nitrogens is 2. The second-order valence-corrected chi connectivity index (χ2v) is 10.3. The van der Waals surface area contributed by atoms with E-state index in [0.717, 1.165) is 55.1 Å². The number of methoxy groups -OCH3 is 1. The van der Waals surface area contributed by atoms with Gasteiger partial charge in [-0.3, -0.25) is 4.90 Å². The predicted molar refractivity (Wildman–Crippen MR) is 122 cm³/mol. The van der Waals surface area contributed by atoms with E-state index in [1.807, 2.05) is 18.2 Å². The number of fused-ring (bicyclic) bond motifs is 1. The SMILES string of the molecule is CCn1c(CN2CCCC2c2ccc(OC)cc2)nc2cc(S(=O)(=O)N(C)C)ccc21. The van der Waals surface area contributed by atoms with Gasteiger partial charge in [-0.15, -0.1) is 0 Å². The van der Waals surface area contributed by atoms with E-state index >= 15 is 0 Å². The average Bonchev–Trinajstić information content (AvgIpc) is 3.37. The molecule has 0 saturated carbocycles. The molecule has 2 heterocycles. The molecule has 4 rings (SSSR count). The van der Waals surface area contributed by atoms with Crippen LogP contribution in [0.2, 0.25) is 0 Å². The fraction of sp³-hybridized carbons (Fsp3) is 0.435. The van der Waals surface area contributed by atoms with Crippen molar-refractivity contribution in [2.24, 2.45) is 0 Å². The summed E-state index contributed by atoms with van der Waals surface area (Å²) in [5.41, 5.74) is 2.98. The molecule has 7 nitrogen and oxygen atoms in total. The summed E-state index contributed by atoms with van der Waals surface area (Å²) < 4.78 is 33.8. The molecule has 1 aliphatic rings. The maximum absolute atomic E-state index is 12.5. The van der Waals surface area contributed by atoms with E-state index in [9.17, 15) is 8.42 Å². The standard InChI is InChI=1S/C23H30N4O3S/c1-5-27-22-13-12-19(31(28,29)25(2)3)15-20(22)24-23(27)16-26-14-6-7-21(26)17-8-10-18(30-4)11-9-17/h8-13,15,21H,5-7,14,16H2,1-4H3. The largest absolute Gasteiger partial charge is 0.497 e. The van der Waals surface area contributed by atoms with E-state index in [0.29, 0.717) is 6.04 Å². The van der Waals surface area contributed by atoms with Crippen molar-refractivity contribution in [3.05, 3.63) is 53.9 Å². The fourth-order valence-corrected chi connectivity index (χ4v) is 5.33. The molecule has 1 fully saturated rings. The molecule has 31 heavy (non-hydrogen) atoms. The van der Waals surface area contributed by atoms with Crippen molar-refractivity contribution in [1.82, 2.24) is 18.8 Å². The highest BCUT2D eigenvalue weighted by molar-refractivity contribution is 7.89. The number of benzene rings is 2. The van der Waals surface area contributed by atoms with Crippen molar-refractivity contribution in [3.63, 3.8) is 0 Å². The van der Waals surface area contributed by atoms with Crippen LogP contribution in [0, 0.1) is 0 Å². The Morgan fingerprint density at radius 2 is 1.90 bits per heavy atom. The van der Waals surface area contributed by atoms with E-state index in [2.05, 4.69) is 28.5 Å². The molecule has 0 amide bonds. The van der Waals surface area contributed by atoms with Gasteiger partial charge in [-0.1, -0.05) is 12.1 Å². The van der Waals surface area contributed by atoms with E-state index in [1.165, 1.54) is 9.87 Å². The molecule has 1 aromatic heterocycles. The summed E-state index contributed by atoms with van der Waals surface area (Å²) in [4.78, 5) is 7.59. The summed E-state index contributed by atoms with van der Waals surface area (Å²) in [7, 11) is 1.28. The molecule has 1 atom stereocenters. The monoisotopic (exact) mass is 442 g/mol. The third-order valence-corrected chi connectivity index (χ3v) is 7.91. The van der Waals surface area contributed by atoms with Gasteiger partial charge in [-0.25, -0.2) is 17.7 Å². The van der Waals surface area contributed by atoms with Gasteiger partial charge in [-0.05, 0) is 62.2 Å². The lowest BCUT2D eigenvalue weighted by Gasteiger charge is -2.25. The van der Waals surface area contributed by atoms with Crippen LogP contribution in [0.5, 0.6) is 5.75 Å². The van der Waals surface area contributed by atoms with Crippen LogP contribution in [-0.4, -0.2) is 54.9 Å².